The zero-order valence-electron chi connectivity index (χ0n) is 11.8. The molecule has 2 rings (SSSR count). The van der Waals surface area contributed by atoms with Crippen LogP contribution < -0.4 is 0 Å². The first-order chi connectivity index (χ1) is 9.51. The number of carboxylic acid groups (broad SMARTS) is 1. The van der Waals surface area contributed by atoms with Gasteiger partial charge >= 0.3 is 5.97 Å². The number of nitrogens with zero attached hydrogens (tertiary/aromatic N) is 1. The van der Waals surface area contributed by atoms with E-state index in [0.717, 1.165) is 12.8 Å². The minimum absolute atomic E-state index is 0.00652. The molecule has 1 amide bonds. The van der Waals surface area contributed by atoms with Crippen molar-refractivity contribution in [2.75, 3.05) is 13.1 Å². The summed E-state index contributed by atoms with van der Waals surface area (Å²) in [6, 6.07) is 10.2. The van der Waals surface area contributed by atoms with Gasteiger partial charge in [0.25, 0.3) is 0 Å². The summed E-state index contributed by atoms with van der Waals surface area (Å²) in [4.78, 5) is 24.9. The molecule has 1 aliphatic rings. The van der Waals surface area contributed by atoms with E-state index < -0.39 is 11.4 Å². The van der Waals surface area contributed by atoms with Crippen LogP contribution in [0.4, 0.5) is 0 Å². The highest BCUT2D eigenvalue weighted by Gasteiger charge is 2.43. The fourth-order valence-electron chi connectivity index (χ4n) is 2.80. The minimum atomic E-state index is -0.896. The smallest absolute Gasteiger partial charge is 0.304 e. The number of amides is 1. The maximum Gasteiger partial charge on any atom is 0.304 e. The summed E-state index contributed by atoms with van der Waals surface area (Å²) in [5, 5.41) is 8.90. The molecule has 1 aromatic rings. The van der Waals surface area contributed by atoms with Crippen LogP contribution >= 0.6 is 0 Å². The van der Waals surface area contributed by atoms with Crippen molar-refractivity contribution < 1.29 is 14.7 Å². The molecule has 4 heteroatoms. The van der Waals surface area contributed by atoms with E-state index in [-0.39, 0.29) is 12.3 Å². The summed E-state index contributed by atoms with van der Waals surface area (Å²) in [5.74, 6) is -0.903. The lowest BCUT2D eigenvalue weighted by atomic mass is 9.85. The third kappa shape index (κ3) is 3.38. The average molecular weight is 275 g/mol. The van der Waals surface area contributed by atoms with Crippen LogP contribution in [0.15, 0.2) is 30.3 Å². The van der Waals surface area contributed by atoms with Crippen molar-refractivity contribution in [1.29, 1.82) is 0 Å². The van der Waals surface area contributed by atoms with Crippen LogP contribution in [0.5, 0.6) is 0 Å². The Morgan fingerprint density at radius 3 is 2.70 bits per heavy atom. The summed E-state index contributed by atoms with van der Waals surface area (Å²) < 4.78 is 0. The van der Waals surface area contributed by atoms with Gasteiger partial charge in [-0.2, -0.15) is 0 Å². The summed E-state index contributed by atoms with van der Waals surface area (Å²) in [6.07, 6.45) is 2.43. The van der Waals surface area contributed by atoms with E-state index in [4.69, 9.17) is 5.11 Å². The van der Waals surface area contributed by atoms with Gasteiger partial charge in [0.2, 0.25) is 5.91 Å². The summed E-state index contributed by atoms with van der Waals surface area (Å²) >= 11 is 0. The first kappa shape index (κ1) is 14.6. The number of benzene rings is 1. The quantitative estimate of drug-likeness (QED) is 0.867. The number of carbonyl (C=O) groups is 2. The van der Waals surface area contributed by atoms with Crippen LogP contribution in [0.1, 0.15) is 31.7 Å². The van der Waals surface area contributed by atoms with Gasteiger partial charge < -0.3 is 10.0 Å². The molecule has 1 N–H and O–H groups in total. The Bertz CT molecular complexity index is 486. The van der Waals surface area contributed by atoms with Gasteiger partial charge in [0.15, 0.2) is 0 Å². The third-order valence-corrected chi connectivity index (χ3v) is 4.01. The maximum absolute atomic E-state index is 12.3. The predicted octanol–water partition coefficient (Wildman–Crippen LogP) is 2.33. The molecular formula is C16H21NO3. The number of carbonyl (C=O) groups excluding carboxylic acids is 1. The lowest BCUT2D eigenvalue weighted by molar-refractivity contribution is -0.145. The molecule has 20 heavy (non-hydrogen) atoms. The molecule has 0 radical (unpaired) electrons. The standard InChI is InChI=1S/C16H21NO3/c1-16(12-14(18)19)9-11-17(15(16)20)10-5-8-13-6-3-2-4-7-13/h2-4,6-7H,5,8-12H2,1H3,(H,18,19). The Kier molecular flexibility index (Phi) is 4.42. The molecule has 0 aliphatic carbocycles. The first-order valence-corrected chi connectivity index (χ1v) is 7.06. The molecule has 1 heterocycles. The molecule has 0 aromatic heterocycles. The average Bonchev–Trinajstić information content (AvgIpc) is 2.67. The van der Waals surface area contributed by atoms with E-state index in [9.17, 15) is 9.59 Å². The Morgan fingerprint density at radius 1 is 1.35 bits per heavy atom. The van der Waals surface area contributed by atoms with Gasteiger partial charge in [-0.05, 0) is 24.8 Å². The van der Waals surface area contributed by atoms with E-state index >= 15 is 0 Å². The van der Waals surface area contributed by atoms with Gasteiger partial charge in [-0.1, -0.05) is 37.3 Å². The van der Waals surface area contributed by atoms with Crippen LogP contribution in [0.3, 0.4) is 0 Å². The van der Waals surface area contributed by atoms with Crippen molar-refractivity contribution >= 4 is 11.9 Å². The van der Waals surface area contributed by atoms with Crippen molar-refractivity contribution in [3.8, 4) is 0 Å². The van der Waals surface area contributed by atoms with Gasteiger partial charge in [-0.25, -0.2) is 0 Å². The molecule has 1 atom stereocenters. The summed E-state index contributed by atoms with van der Waals surface area (Å²) in [7, 11) is 0. The van der Waals surface area contributed by atoms with E-state index in [1.165, 1.54) is 5.56 Å². The number of carboxylic acids is 1. The van der Waals surface area contributed by atoms with Gasteiger partial charge in [0.05, 0.1) is 11.8 Å². The molecule has 1 aliphatic heterocycles. The third-order valence-electron chi connectivity index (χ3n) is 4.01. The van der Waals surface area contributed by atoms with Crippen LogP contribution in [-0.2, 0) is 16.0 Å². The van der Waals surface area contributed by atoms with Crippen molar-refractivity contribution in [1.82, 2.24) is 4.90 Å². The summed E-state index contributed by atoms with van der Waals surface area (Å²) in [6.45, 7) is 3.15. The fraction of sp³-hybridized carbons (Fsp3) is 0.500. The lowest BCUT2D eigenvalue weighted by Crippen LogP contribution is -2.34. The SMILES string of the molecule is CC1(CC(=O)O)CCN(CCCc2ccccc2)C1=O. The monoisotopic (exact) mass is 275 g/mol. The van der Waals surface area contributed by atoms with E-state index in [2.05, 4.69) is 12.1 Å². The second kappa shape index (κ2) is 6.07. The van der Waals surface area contributed by atoms with E-state index in [1.807, 2.05) is 23.1 Å². The highest BCUT2D eigenvalue weighted by atomic mass is 16.4. The fourth-order valence-corrected chi connectivity index (χ4v) is 2.80. The largest absolute Gasteiger partial charge is 0.481 e. The van der Waals surface area contributed by atoms with E-state index in [1.54, 1.807) is 6.92 Å². The molecule has 0 bridgehead atoms. The first-order valence-electron chi connectivity index (χ1n) is 7.06. The molecule has 4 nitrogen and oxygen atoms in total. The number of aryl methyl sites for hydroxylation is 1. The van der Waals surface area contributed by atoms with Crippen LogP contribution in [0, 0.1) is 5.41 Å². The van der Waals surface area contributed by atoms with Crippen molar-refractivity contribution in [3.05, 3.63) is 35.9 Å². The molecule has 1 saturated heterocycles. The minimum Gasteiger partial charge on any atom is -0.481 e. The van der Waals surface area contributed by atoms with Crippen molar-refractivity contribution in [3.63, 3.8) is 0 Å². The zero-order chi connectivity index (χ0) is 14.6. The van der Waals surface area contributed by atoms with Gasteiger partial charge in [0, 0.05) is 13.1 Å². The van der Waals surface area contributed by atoms with Crippen LogP contribution in [0.2, 0.25) is 0 Å². The Hall–Kier alpha value is -1.84. The Balaban J connectivity index is 1.83. The number of rotatable bonds is 6. The molecule has 1 unspecified atom stereocenters. The molecule has 0 spiro atoms. The number of aliphatic carboxylic acids is 1. The molecule has 0 saturated carbocycles. The second-order valence-electron chi connectivity index (χ2n) is 5.76. The summed E-state index contributed by atoms with van der Waals surface area (Å²) in [5.41, 5.74) is 0.561. The lowest BCUT2D eigenvalue weighted by Gasteiger charge is -2.21. The highest BCUT2D eigenvalue weighted by molar-refractivity contribution is 5.88. The topological polar surface area (TPSA) is 57.6 Å². The van der Waals surface area contributed by atoms with Gasteiger partial charge in [-0.15, -0.1) is 0 Å². The number of hydrogen-bond acceptors (Lipinski definition) is 2. The zero-order valence-corrected chi connectivity index (χ0v) is 11.8. The van der Waals surface area contributed by atoms with Crippen molar-refractivity contribution in [2.24, 2.45) is 5.41 Å². The van der Waals surface area contributed by atoms with Gasteiger partial charge in [-0.3, -0.25) is 9.59 Å². The van der Waals surface area contributed by atoms with Gasteiger partial charge in [0.1, 0.15) is 0 Å². The predicted molar refractivity (Wildman–Crippen MR) is 76.3 cm³/mol. The van der Waals surface area contributed by atoms with Crippen molar-refractivity contribution in [2.45, 2.75) is 32.6 Å². The number of likely N-dealkylation sites (tertiary alicyclic amines) is 1. The normalized spacial score (nSPS) is 22.2. The maximum atomic E-state index is 12.3. The van der Waals surface area contributed by atoms with Crippen LogP contribution in [0.25, 0.3) is 0 Å². The molecule has 1 aromatic carbocycles. The number of hydrogen-bond donors (Lipinski definition) is 1. The molecule has 108 valence electrons. The van der Waals surface area contributed by atoms with E-state index in [0.29, 0.717) is 19.5 Å². The molecular weight excluding hydrogens is 254 g/mol. The van der Waals surface area contributed by atoms with Crippen LogP contribution in [-0.4, -0.2) is 35.0 Å². The molecule has 1 fully saturated rings. The Labute approximate surface area is 119 Å². The highest BCUT2D eigenvalue weighted by Crippen LogP contribution is 2.34. The second-order valence-corrected chi connectivity index (χ2v) is 5.76. The Morgan fingerprint density at radius 2 is 2.05 bits per heavy atom.